The van der Waals surface area contributed by atoms with Gasteiger partial charge in [-0.05, 0) is 87.6 Å². The van der Waals surface area contributed by atoms with Crippen LogP contribution >= 0.6 is 0 Å². The molecule has 0 radical (unpaired) electrons. The predicted molar refractivity (Wildman–Crippen MR) is 180 cm³/mol. The van der Waals surface area contributed by atoms with Crippen LogP contribution in [0.25, 0.3) is 0 Å². The van der Waals surface area contributed by atoms with Gasteiger partial charge in [-0.3, -0.25) is 19.3 Å². The fourth-order valence-electron chi connectivity index (χ4n) is 7.76. The highest BCUT2D eigenvalue weighted by Gasteiger charge is 2.52. The number of aliphatic hydroxyl groups is 1. The zero-order valence-electron chi connectivity index (χ0n) is 31.2. The third kappa shape index (κ3) is 9.32. The molecular weight excluding hydrogens is 604 g/mol. The Morgan fingerprint density at radius 3 is 2.26 bits per heavy atom. The monoisotopic (exact) mass is 668 g/mol. The van der Waals surface area contributed by atoms with Crippen LogP contribution in [-0.4, -0.2) is 159 Å². The molecule has 0 bridgehead atoms. The molecule has 1 N–H and O–H groups in total. The van der Waals surface area contributed by atoms with Crippen molar-refractivity contribution in [3.8, 4) is 0 Å². The number of methoxy groups -OCH3 is 1. The molecule has 3 saturated heterocycles. The van der Waals surface area contributed by atoms with Crippen LogP contribution in [0, 0.1) is 23.2 Å². The van der Waals surface area contributed by atoms with Gasteiger partial charge in [-0.2, -0.15) is 0 Å². The summed E-state index contributed by atoms with van der Waals surface area (Å²) in [6.45, 7) is 16.4. The van der Waals surface area contributed by atoms with E-state index in [9.17, 15) is 19.5 Å². The standard InChI is InChI=1S/C35H64N4O8/c1-13-14-38-17-22(2)16-35(7,44-12)31(47-32-29(41)26(37(10)11)15-23(3)46-32)24(4)30(42)34(5,6)33(43)45-21-27(38)25-18-39(19-25)28(40)20-36(8)9/h22-27,29,31-32,41H,13-21H2,1-12H3/t22-,23-,24+,26+,27?,29-,31-,32+,35-/m1/s1. The Morgan fingerprint density at radius 2 is 1.70 bits per heavy atom. The summed E-state index contributed by atoms with van der Waals surface area (Å²) in [5.41, 5.74) is -2.42. The van der Waals surface area contributed by atoms with Gasteiger partial charge in [0, 0.05) is 44.6 Å². The third-order valence-electron chi connectivity index (χ3n) is 10.5. The van der Waals surface area contributed by atoms with E-state index in [0.29, 0.717) is 39.0 Å². The Morgan fingerprint density at radius 1 is 1.06 bits per heavy atom. The van der Waals surface area contributed by atoms with Gasteiger partial charge in [0.05, 0.1) is 30.4 Å². The van der Waals surface area contributed by atoms with E-state index in [-0.39, 0.29) is 48.3 Å². The summed E-state index contributed by atoms with van der Waals surface area (Å²) in [4.78, 5) is 48.9. The molecule has 1 amide bonds. The number of likely N-dealkylation sites (tertiary alicyclic amines) is 1. The molecular formula is C35H64N4O8. The minimum absolute atomic E-state index is 0.0873. The molecule has 12 heteroatoms. The van der Waals surface area contributed by atoms with Crippen molar-refractivity contribution < 1.29 is 38.4 Å². The lowest BCUT2D eigenvalue weighted by molar-refractivity contribution is -0.295. The summed E-state index contributed by atoms with van der Waals surface area (Å²) in [6.07, 6.45) is -0.832. The van der Waals surface area contributed by atoms with Crippen LogP contribution in [-0.2, 0) is 33.3 Å². The summed E-state index contributed by atoms with van der Waals surface area (Å²) < 4.78 is 25.1. The molecule has 0 aromatic carbocycles. The van der Waals surface area contributed by atoms with Crippen LogP contribution in [0.3, 0.4) is 0 Å². The maximum atomic E-state index is 14.3. The molecule has 0 spiro atoms. The van der Waals surface area contributed by atoms with Gasteiger partial charge >= 0.3 is 5.97 Å². The van der Waals surface area contributed by atoms with Gasteiger partial charge < -0.3 is 38.8 Å². The van der Waals surface area contributed by atoms with E-state index >= 15 is 0 Å². The van der Waals surface area contributed by atoms with Crippen molar-refractivity contribution in [2.45, 2.75) is 110 Å². The number of likely N-dealkylation sites (N-methyl/N-ethyl adjacent to an activating group) is 2. The number of cyclic esters (lactones) is 1. The smallest absolute Gasteiger partial charge is 0.319 e. The lowest BCUT2D eigenvalue weighted by atomic mass is 9.74. The first-order valence-corrected chi connectivity index (χ1v) is 17.4. The Balaban J connectivity index is 1.98. The SMILES string of the molecule is CCCN1C[C@H](C)C[C@@](C)(OC)[C@H](O[C@@H]2O[C@H](C)C[C@H](N(C)C)[C@H]2O)[C@@H](C)C(=O)C(C)(C)C(=O)OCC1C1CN(C(=O)CN(C)C)C1. The maximum Gasteiger partial charge on any atom is 0.319 e. The molecule has 3 rings (SSSR count). The van der Waals surface area contributed by atoms with Crippen molar-refractivity contribution in [2.75, 3.05) is 74.6 Å². The summed E-state index contributed by atoms with van der Waals surface area (Å²) in [5, 5.41) is 11.4. The first-order valence-electron chi connectivity index (χ1n) is 17.4. The van der Waals surface area contributed by atoms with E-state index < -0.39 is 41.4 Å². The normalized spacial score (nSPS) is 36.8. The number of carbonyl (C=O) groups excluding carboxylic acids is 3. The topological polar surface area (TPSA) is 121 Å². The van der Waals surface area contributed by atoms with Gasteiger partial charge in [0.15, 0.2) is 12.1 Å². The Hall–Kier alpha value is -1.67. The van der Waals surface area contributed by atoms with E-state index in [2.05, 4.69) is 18.7 Å². The summed E-state index contributed by atoms with van der Waals surface area (Å²) in [6, 6.07) is -0.297. The van der Waals surface area contributed by atoms with Gasteiger partial charge in [0.25, 0.3) is 0 Å². The number of esters is 1. The van der Waals surface area contributed by atoms with Crippen molar-refractivity contribution in [3.63, 3.8) is 0 Å². The van der Waals surface area contributed by atoms with Crippen molar-refractivity contribution >= 4 is 17.7 Å². The molecule has 3 aliphatic heterocycles. The first-order chi connectivity index (χ1) is 21.9. The summed E-state index contributed by atoms with van der Waals surface area (Å²) in [7, 11) is 9.23. The van der Waals surface area contributed by atoms with Crippen molar-refractivity contribution in [2.24, 2.45) is 23.2 Å². The summed E-state index contributed by atoms with van der Waals surface area (Å²) >= 11 is 0. The number of carbonyl (C=O) groups is 3. The van der Waals surface area contributed by atoms with Crippen molar-refractivity contribution in [1.82, 2.24) is 19.6 Å². The number of nitrogens with zero attached hydrogens (tertiary/aromatic N) is 4. The number of ketones is 1. The van der Waals surface area contributed by atoms with Gasteiger partial charge in [-0.25, -0.2) is 0 Å². The second-order valence-electron chi connectivity index (χ2n) is 15.7. The number of aliphatic hydroxyl groups excluding tert-OH is 1. The van der Waals surface area contributed by atoms with E-state index in [1.54, 1.807) is 27.9 Å². The maximum absolute atomic E-state index is 14.3. The van der Waals surface area contributed by atoms with Crippen LogP contribution in [0.1, 0.15) is 67.7 Å². The van der Waals surface area contributed by atoms with Crippen LogP contribution in [0.15, 0.2) is 0 Å². The fourth-order valence-corrected chi connectivity index (χ4v) is 7.76. The quantitative estimate of drug-likeness (QED) is 0.287. The highest BCUT2D eigenvalue weighted by molar-refractivity contribution is 6.04. The number of Topliss-reactive ketones (excluding diaryl/α,β-unsaturated/α-hetero) is 1. The molecule has 0 aromatic rings. The minimum Gasteiger partial charge on any atom is -0.463 e. The highest BCUT2D eigenvalue weighted by Crippen LogP contribution is 2.39. The van der Waals surface area contributed by atoms with Crippen LogP contribution < -0.4 is 0 Å². The van der Waals surface area contributed by atoms with E-state index in [4.69, 9.17) is 18.9 Å². The lowest BCUT2D eigenvalue weighted by Gasteiger charge is -2.48. The molecule has 3 heterocycles. The molecule has 0 saturated carbocycles. The molecule has 3 aliphatic rings. The van der Waals surface area contributed by atoms with Gasteiger partial charge in [-0.15, -0.1) is 0 Å². The van der Waals surface area contributed by atoms with Gasteiger partial charge in [0.1, 0.15) is 18.1 Å². The Bertz CT molecular complexity index is 1070. The molecule has 0 aromatic heterocycles. The number of rotatable bonds is 9. The minimum atomic E-state index is -1.46. The summed E-state index contributed by atoms with van der Waals surface area (Å²) in [5.74, 6) is -1.37. The fraction of sp³-hybridized carbons (Fsp3) is 0.914. The number of amides is 1. The molecule has 47 heavy (non-hydrogen) atoms. The average Bonchev–Trinajstić information content (AvgIpc) is 2.95. The Kier molecular flexibility index (Phi) is 13.8. The molecule has 9 atom stereocenters. The van der Waals surface area contributed by atoms with Crippen LogP contribution in [0.4, 0.5) is 0 Å². The molecule has 12 nitrogen and oxygen atoms in total. The number of ether oxygens (including phenoxy) is 4. The number of hydrogen-bond acceptors (Lipinski definition) is 11. The lowest BCUT2D eigenvalue weighted by Crippen LogP contribution is -2.61. The average molecular weight is 669 g/mol. The van der Waals surface area contributed by atoms with E-state index in [1.165, 1.54) is 0 Å². The second-order valence-corrected chi connectivity index (χ2v) is 15.7. The van der Waals surface area contributed by atoms with Gasteiger partial charge in [0.2, 0.25) is 5.91 Å². The highest BCUT2D eigenvalue weighted by atomic mass is 16.7. The zero-order chi connectivity index (χ0) is 35.4. The first kappa shape index (κ1) is 39.8. The van der Waals surface area contributed by atoms with Crippen molar-refractivity contribution in [1.29, 1.82) is 0 Å². The molecule has 1 unspecified atom stereocenters. The molecule has 272 valence electrons. The second kappa shape index (κ2) is 16.4. The predicted octanol–water partition coefficient (Wildman–Crippen LogP) is 2.12. The zero-order valence-corrected chi connectivity index (χ0v) is 31.2. The van der Waals surface area contributed by atoms with Gasteiger partial charge in [-0.1, -0.05) is 20.8 Å². The van der Waals surface area contributed by atoms with E-state index in [1.807, 2.05) is 56.7 Å². The Labute approximate surface area is 283 Å². The molecule has 3 fully saturated rings. The molecule has 0 aliphatic carbocycles. The van der Waals surface area contributed by atoms with Crippen LogP contribution in [0.5, 0.6) is 0 Å². The van der Waals surface area contributed by atoms with Crippen molar-refractivity contribution in [3.05, 3.63) is 0 Å². The van der Waals surface area contributed by atoms with Crippen LogP contribution in [0.2, 0.25) is 0 Å². The largest absolute Gasteiger partial charge is 0.463 e. The third-order valence-corrected chi connectivity index (χ3v) is 10.5. The number of hydrogen-bond donors (Lipinski definition) is 1. The van der Waals surface area contributed by atoms with E-state index in [0.717, 1.165) is 13.0 Å².